The van der Waals surface area contributed by atoms with Crippen molar-refractivity contribution in [3.05, 3.63) is 45.8 Å². The molecule has 1 amide bonds. The molecule has 0 saturated carbocycles. The van der Waals surface area contributed by atoms with Crippen molar-refractivity contribution in [1.29, 1.82) is 5.41 Å². The van der Waals surface area contributed by atoms with Gasteiger partial charge in [0.25, 0.3) is 5.91 Å². The molecule has 4 rings (SSSR count). The number of benzene rings is 1. The van der Waals surface area contributed by atoms with Crippen LogP contribution in [-0.2, 0) is 14.6 Å². The lowest BCUT2D eigenvalue weighted by molar-refractivity contribution is -0.114. The number of hydrogen-bond acceptors (Lipinski definition) is 9. The molecule has 2 aliphatic rings. The number of aliphatic imine (C=N–C) groups is 1. The number of methoxy groups -OCH3 is 1. The number of hydrogen-bond donors (Lipinski definition) is 1. The minimum Gasteiger partial charge on any atom is -0.493 e. The molecule has 0 bridgehead atoms. The van der Waals surface area contributed by atoms with Gasteiger partial charge >= 0.3 is 0 Å². The molecule has 12 heteroatoms. The van der Waals surface area contributed by atoms with Crippen molar-refractivity contribution in [2.75, 3.05) is 12.9 Å². The Morgan fingerprint density at radius 1 is 1.31 bits per heavy atom. The van der Waals surface area contributed by atoms with Gasteiger partial charge < -0.3 is 9.15 Å². The molecule has 0 unspecified atom stereocenters. The number of nitrogens with one attached hydrogen (secondary N) is 1. The van der Waals surface area contributed by atoms with Crippen LogP contribution in [0.15, 0.2) is 49.3 Å². The molecule has 3 heterocycles. The van der Waals surface area contributed by atoms with E-state index in [1.54, 1.807) is 32.0 Å². The van der Waals surface area contributed by atoms with Crippen LogP contribution in [0, 0.1) is 11.3 Å². The smallest absolute Gasteiger partial charge is 0.283 e. The van der Waals surface area contributed by atoms with Gasteiger partial charge in [-0.2, -0.15) is 10.0 Å². The van der Waals surface area contributed by atoms with Gasteiger partial charge in [0.2, 0.25) is 19.4 Å². The van der Waals surface area contributed by atoms with E-state index in [-0.39, 0.29) is 49.2 Å². The van der Waals surface area contributed by atoms with E-state index in [2.05, 4.69) is 10.1 Å². The number of thioether (sulfide) groups is 1. The van der Waals surface area contributed by atoms with Crippen molar-refractivity contribution in [2.24, 2.45) is 16.0 Å². The molecule has 0 saturated heterocycles. The lowest BCUT2D eigenvalue weighted by atomic mass is 10.1. The molecule has 166 valence electrons. The number of para-hydroxylation sites is 1. The molecule has 1 aromatic heterocycles. The van der Waals surface area contributed by atoms with Gasteiger partial charge in [0, 0.05) is 0 Å². The van der Waals surface area contributed by atoms with E-state index in [0.717, 1.165) is 16.8 Å². The minimum absolute atomic E-state index is 0.0187. The predicted octanol–water partition coefficient (Wildman–Crippen LogP) is 2.45. The van der Waals surface area contributed by atoms with Gasteiger partial charge in [0.1, 0.15) is 6.26 Å². The summed E-state index contributed by atoms with van der Waals surface area (Å²) in [5.74, 6) is -1.02. The summed E-state index contributed by atoms with van der Waals surface area (Å²) in [5.41, 5.74) is -0.350. The van der Waals surface area contributed by atoms with E-state index in [1.807, 2.05) is 0 Å². The van der Waals surface area contributed by atoms with Crippen molar-refractivity contribution in [3.63, 3.8) is 0 Å². The Balaban J connectivity index is 1.74. The van der Waals surface area contributed by atoms with E-state index in [1.165, 1.54) is 19.4 Å². The summed E-state index contributed by atoms with van der Waals surface area (Å²) in [6.07, 6.45) is 2.36. The Morgan fingerprint density at radius 2 is 2.06 bits per heavy atom. The lowest BCUT2D eigenvalue weighted by Gasteiger charge is -2.19. The second kappa shape index (κ2) is 8.02. The van der Waals surface area contributed by atoms with E-state index in [0.29, 0.717) is 5.75 Å². The van der Waals surface area contributed by atoms with Crippen LogP contribution in [0.5, 0.6) is 5.75 Å². The van der Waals surface area contributed by atoms with Crippen LogP contribution < -0.4 is 10.2 Å². The lowest BCUT2D eigenvalue weighted by Crippen LogP contribution is -2.35. The van der Waals surface area contributed by atoms with Gasteiger partial charge in [-0.05, 0) is 35.9 Å². The zero-order valence-electron chi connectivity index (χ0n) is 17.3. The van der Waals surface area contributed by atoms with Crippen molar-refractivity contribution >= 4 is 59.9 Å². The first kappa shape index (κ1) is 22.0. The average Bonchev–Trinajstić information content (AvgIpc) is 3.16. The first-order valence-electron chi connectivity index (χ1n) is 9.44. The Bertz CT molecular complexity index is 1420. The monoisotopic (exact) mass is 474 g/mol. The third-order valence-electron chi connectivity index (χ3n) is 4.56. The second-order valence-corrected chi connectivity index (χ2v) is 10.6. The quantitative estimate of drug-likeness (QED) is 0.666. The van der Waals surface area contributed by atoms with Gasteiger partial charge in [-0.25, -0.2) is 8.42 Å². The van der Waals surface area contributed by atoms with E-state index >= 15 is 0 Å². The van der Waals surface area contributed by atoms with Gasteiger partial charge in [0.15, 0.2) is 22.6 Å². The first-order valence-corrected chi connectivity index (χ1v) is 11.9. The highest BCUT2D eigenvalue weighted by atomic mass is 32.3. The topological polar surface area (TPSA) is 142 Å². The molecule has 1 aromatic carbocycles. The molecule has 2 aromatic rings. The second-order valence-electron chi connectivity index (χ2n) is 7.42. The largest absolute Gasteiger partial charge is 0.493 e. The number of amidine groups is 2. The van der Waals surface area contributed by atoms with Crippen molar-refractivity contribution < 1.29 is 22.4 Å². The fourth-order valence-electron chi connectivity index (χ4n) is 3.17. The van der Waals surface area contributed by atoms with E-state index in [4.69, 9.17) is 14.6 Å². The fraction of sp³-hybridized carbons (Fsp3) is 0.250. The molecule has 32 heavy (non-hydrogen) atoms. The Hall–Kier alpha value is -3.25. The highest BCUT2D eigenvalue weighted by molar-refractivity contribution is 8.42. The van der Waals surface area contributed by atoms with Crippen LogP contribution in [-0.4, -0.2) is 47.6 Å². The van der Waals surface area contributed by atoms with Gasteiger partial charge in [-0.1, -0.05) is 19.9 Å². The molecule has 0 fully saturated rings. The van der Waals surface area contributed by atoms with Crippen LogP contribution in [0.25, 0.3) is 17.0 Å². The van der Waals surface area contributed by atoms with Gasteiger partial charge in [-0.15, -0.1) is 5.10 Å². The molecule has 2 aliphatic heterocycles. The molecule has 0 radical (unpaired) electrons. The maximum absolute atomic E-state index is 12.9. The number of fused-ring (bicyclic) bond motifs is 2. The molecular formula is C20H18N4O6S2. The zero-order chi connectivity index (χ0) is 23.2. The average molecular weight is 475 g/mol. The third kappa shape index (κ3) is 3.75. The number of nitrogens with zero attached hydrogens (tertiary/aromatic N) is 3. The standard InChI is InChI=1S/C20H18N4O6S2/c1-10(2)9-32(27,28)20-23-24-17(21)13(18(26)22-19(24)31-20)7-11-8-30-16-12(15(11)25)5-4-6-14(16)29-3/h4-8,10,21H,9H2,1-3H3. The van der Waals surface area contributed by atoms with Crippen molar-refractivity contribution in [2.45, 2.75) is 13.8 Å². The van der Waals surface area contributed by atoms with E-state index < -0.39 is 21.2 Å². The van der Waals surface area contributed by atoms with Crippen LogP contribution in [0.3, 0.4) is 0 Å². The third-order valence-corrected chi connectivity index (χ3v) is 8.00. The van der Waals surface area contributed by atoms with Crippen LogP contribution in [0.4, 0.5) is 0 Å². The number of carbonyl (C=O) groups is 1. The molecule has 1 N–H and O–H groups in total. The summed E-state index contributed by atoms with van der Waals surface area (Å²) in [5, 5.41) is 13.6. The summed E-state index contributed by atoms with van der Waals surface area (Å²) in [4.78, 5) is 29.3. The minimum atomic E-state index is -3.69. The highest BCUT2D eigenvalue weighted by Crippen LogP contribution is 2.31. The Labute approximate surface area is 187 Å². The SMILES string of the molecule is COc1cccc2c(=O)c(C=C3C(=N)N4N=C(S(=O)(=O)CC(C)C)SC4=NC3=O)coc12. The maximum Gasteiger partial charge on any atom is 0.283 e. The number of rotatable bonds is 4. The molecule has 0 spiro atoms. The molecule has 0 atom stereocenters. The fourth-order valence-corrected chi connectivity index (χ4v) is 5.96. The zero-order valence-corrected chi connectivity index (χ0v) is 18.9. The van der Waals surface area contributed by atoms with Gasteiger partial charge in [-0.3, -0.25) is 15.0 Å². The predicted molar refractivity (Wildman–Crippen MR) is 123 cm³/mol. The molecule has 10 nitrogen and oxygen atoms in total. The highest BCUT2D eigenvalue weighted by Gasteiger charge is 2.40. The normalized spacial score (nSPS) is 17.8. The van der Waals surface area contributed by atoms with Crippen molar-refractivity contribution in [3.8, 4) is 5.75 Å². The molecular weight excluding hydrogens is 456 g/mol. The number of amides is 1. The van der Waals surface area contributed by atoms with E-state index in [9.17, 15) is 18.0 Å². The maximum atomic E-state index is 12.9. The summed E-state index contributed by atoms with van der Waals surface area (Å²) >= 11 is 0.723. The number of hydrazone groups is 1. The van der Waals surface area contributed by atoms with Crippen molar-refractivity contribution in [1.82, 2.24) is 5.01 Å². The Morgan fingerprint density at radius 3 is 2.75 bits per heavy atom. The number of sulfone groups is 1. The summed E-state index contributed by atoms with van der Waals surface area (Å²) in [6, 6.07) is 4.84. The van der Waals surface area contributed by atoms with Gasteiger partial charge in [0.05, 0.1) is 29.4 Å². The van der Waals surface area contributed by atoms with Crippen LogP contribution >= 0.6 is 11.8 Å². The summed E-state index contributed by atoms with van der Waals surface area (Å²) in [6.45, 7) is 3.53. The number of ether oxygens (including phenoxy) is 1. The summed E-state index contributed by atoms with van der Waals surface area (Å²) in [7, 11) is -2.24. The van der Waals surface area contributed by atoms with Crippen LogP contribution in [0.2, 0.25) is 0 Å². The summed E-state index contributed by atoms with van der Waals surface area (Å²) < 4.78 is 35.5. The number of carbonyl (C=O) groups excluding carboxylic acids is 1. The Kier molecular flexibility index (Phi) is 5.51. The molecule has 0 aliphatic carbocycles. The first-order chi connectivity index (χ1) is 15.1. The van der Waals surface area contributed by atoms with Crippen LogP contribution in [0.1, 0.15) is 19.4 Å².